The monoisotopic (exact) mass is 314 g/mol. The third-order valence-electron chi connectivity index (χ3n) is 4.83. The van der Waals surface area contributed by atoms with Gasteiger partial charge in [-0.05, 0) is 17.8 Å². The van der Waals surface area contributed by atoms with Crippen molar-refractivity contribution in [2.45, 2.75) is 78.8 Å². The Balaban J connectivity index is 4.82. The van der Waals surface area contributed by atoms with Crippen LogP contribution in [0.25, 0.3) is 0 Å². The molecule has 22 heavy (non-hydrogen) atoms. The van der Waals surface area contributed by atoms with Crippen LogP contribution in [0.15, 0.2) is 0 Å². The topological polar surface area (TPSA) is 92.4 Å². The molecule has 0 rings (SSSR count). The van der Waals surface area contributed by atoms with E-state index in [0.717, 1.165) is 25.7 Å². The highest BCUT2D eigenvalue weighted by Gasteiger charge is 2.29. The van der Waals surface area contributed by atoms with Crippen molar-refractivity contribution in [1.29, 1.82) is 0 Å². The van der Waals surface area contributed by atoms with E-state index in [1.165, 1.54) is 0 Å². The summed E-state index contributed by atoms with van der Waals surface area (Å²) in [6.07, 6.45) is 4.04. The number of carboxylic acid groups (broad SMARTS) is 1. The molecule has 0 bridgehead atoms. The zero-order chi connectivity index (χ0) is 17.3. The summed E-state index contributed by atoms with van der Waals surface area (Å²) < 4.78 is 0. The van der Waals surface area contributed by atoms with Crippen molar-refractivity contribution in [2.24, 2.45) is 23.5 Å². The van der Waals surface area contributed by atoms with Crippen molar-refractivity contribution < 1.29 is 14.7 Å². The minimum absolute atomic E-state index is 0.0589. The Labute approximate surface area is 135 Å². The number of rotatable bonds is 11. The quantitative estimate of drug-likeness (QED) is 0.547. The number of carboxylic acids is 1. The largest absolute Gasteiger partial charge is 0.481 e. The lowest BCUT2D eigenvalue weighted by Gasteiger charge is -2.30. The summed E-state index contributed by atoms with van der Waals surface area (Å²) in [7, 11) is 0. The fourth-order valence-corrected chi connectivity index (χ4v) is 2.53. The number of carbonyl (C=O) groups excluding carboxylic acids is 1. The first-order valence-corrected chi connectivity index (χ1v) is 8.52. The summed E-state index contributed by atoms with van der Waals surface area (Å²) in [5.74, 6) is -0.578. The molecule has 0 aromatic carbocycles. The highest BCUT2D eigenvalue weighted by atomic mass is 16.4. The molecule has 5 atom stereocenters. The van der Waals surface area contributed by atoms with Gasteiger partial charge in [-0.15, -0.1) is 0 Å². The van der Waals surface area contributed by atoms with Gasteiger partial charge >= 0.3 is 5.97 Å². The van der Waals surface area contributed by atoms with Crippen LogP contribution in [-0.4, -0.2) is 29.1 Å². The van der Waals surface area contributed by atoms with Crippen molar-refractivity contribution in [3.8, 4) is 0 Å². The molecule has 4 unspecified atom stereocenters. The Hall–Kier alpha value is -1.10. The van der Waals surface area contributed by atoms with Gasteiger partial charge in [-0.25, -0.2) is 0 Å². The molecule has 0 aliphatic heterocycles. The molecule has 0 aliphatic carbocycles. The zero-order valence-electron chi connectivity index (χ0n) is 14.8. The molecule has 1 amide bonds. The molecule has 0 fully saturated rings. The molecule has 4 N–H and O–H groups in total. The SMILES string of the molecule is CCCCC(C)C(C)C(CC(=O)O)NC(=O)[C@@H](N)C(C)CC. The first-order chi connectivity index (χ1) is 10.2. The fraction of sp³-hybridized carbons (Fsp3) is 0.882. The van der Waals surface area contributed by atoms with Crippen LogP contribution in [0, 0.1) is 17.8 Å². The lowest BCUT2D eigenvalue weighted by Crippen LogP contribution is -2.51. The molecule has 0 radical (unpaired) electrons. The summed E-state index contributed by atoms with van der Waals surface area (Å²) in [4.78, 5) is 23.4. The van der Waals surface area contributed by atoms with Gasteiger partial charge in [0.15, 0.2) is 0 Å². The average molecular weight is 314 g/mol. The number of hydrogen-bond donors (Lipinski definition) is 3. The maximum absolute atomic E-state index is 12.2. The zero-order valence-corrected chi connectivity index (χ0v) is 14.8. The maximum Gasteiger partial charge on any atom is 0.305 e. The summed E-state index contributed by atoms with van der Waals surface area (Å²) >= 11 is 0. The first kappa shape index (κ1) is 20.9. The Morgan fingerprint density at radius 1 is 1.14 bits per heavy atom. The molecule has 0 saturated heterocycles. The lowest BCUT2D eigenvalue weighted by atomic mass is 9.83. The van der Waals surface area contributed by atoms with Gasteiger partial charge in [0.1, 0.15) is 0 Å². The van der Waals surface area contributed by atoms with Gasteiger partial charge in [-0.1, -0.05) is 60.3 Å². The number of aliphatic carboxylic acids is 1. The molecular weight excluding hydrogens is 280 g/mol. The highest BCUT2D eigenvalue weighted by Crippen LogP contribution is 2.23. The third kappa shape index (κ3) is 7.25. The van der Waals surface area contributed by atoms with E-state index in [1.807, 2.05) is 20.8 Å². The van der Waals surface area contributed by atoms with Gasteiger partial charge in [0.05, 0.1) is 12.5 Å². The number of nitrogens with one attached hydrogen (secondary N) is 1. The Bertz CT molecular complexity index is 347. The molecule has 5 heteroatoms. The van der Waals surface area contributed by atoms with Gasteiger partial charge in [-0.2, -0.15) is 0 Å². The second-order valence-corrected chi connectivity index (χ2v) is 6.60. The number of amides is 1. The van der Waals surface area contributed by atoms with Gasteiger partial charge < -0.3 is 16.2 Å². The Morgan fingerprint density at radius 2 is 1.73 bits per heavy atom. The molecule has 5 nitrogen and oxygen atoms in total. The summed E-state index contributed by atoms with van der Waals surface area (Å²) in [6, 6.07) is -0.952. The van der Waals surface area contributed by atoms with E-state index in [2.05, 4.69) is 19.2 Å². The number of nitrogens with two attached hydrogens (primary N) is 1. The van der Waals surface area contributed by atoms with E-state index in [4.69, 9.17) is 10.8 Å². The number of hydrogen-bond acceptors (Lipinski definition) is 3. The fourth-order valence-electron chi connectivity index (χ4n) is 2.53. The second-order valence-electron chi connectivity index (χ2n) is 6.60. The summed E-state index contributed by atoms with van der Waals surface area (Å²) in [5, 5.41) is 12.0. The minimum atomic E-state index is -0.892. The smallest absolute Gasteiger partial charge is 0.305 e. The van der Waals surface area contributed by atoms with Gasteiger partial charge in [0.2, 0.25) is 5.91 Å². The van der Waals surface area contributed by atoms with E-state index >= 15 is 0 Å². The van der Waals surface area contributed by atoms with E-state index in [0.29, 0.717) is 5.92 Å². The predicted octanol–water partition coefficient (Wildman–Crippen LogP) is 2.78. The molecule has 0 heterocycles. The Morgan fingerprint density at radius 3 is 2.18 bits per heavy atom. The third-order valence-corrected chi connectivity index (χ3v) is 4.83. The molecular formula is C17H34N2O3. The summed E-state index contributed by atoms with van der Waals surface area (Å²) in [6.45, 7) is 10.2. The van der Waals surface area contributed by atoms with Crippen molar-refractivity contribution >= 4 is 11.9 Å². The standard InChI is InChI=1S/C17H34N2O3/c1-6-8-9-12(4)13(5)14(10-15(20)21)19-17(22)16(18)11(3)7-2/h11-14,16H,6-10,18H2,1-5H3,(H,19,22)(H,20,21)/t11?,12?,13?,14?,16-/m0/s1. The number of unbranched alkanes of at least 4 members (excludes halogenated alkanes) is 1. The molecule has 0 aromatic heterocycles. The molecule has 0 saturated carbocycles. The van der Waals surface area contributed by atoms with Crippen LogP contribution in [0.2, 0.25) is 0 Å². The van der Waals surface area contributed by atoms with Crippen molar-refractivity contribution in [3.63, 3.8) is 0 Å². The van der Waals surface area contributed by atoms with E-state index in [-0.39, 0.29) is 30.2 Å². The summed E-state index contributed by atoms with van der Waals surface area (Å²) in [5.41, 5.74) is 5.95. The van der Waals surface area contributed by atoms with Gasteiger partial charge in [0.25, 0.3) is 0 Å². The highest BCUT2D eigenvalue weighted by molar-refractivity contribution is 5.82. The molecule has 0 aliphatic rings. The van der Waals surface area contributed by atoms with Crippen LogP contribution in [-0.2, 0) is 9.59 Å². The molecule has 0 spiro atoms. The molecule has 0 aromatic rings. The van der Waals surface area contributed by atoms with Crippen molar-refractivity contribution in [1.82, 2.24) is 5.32 Å². The maximum atomic E-state index is 12.2. The van der Waals surface area contributed by atoms with Crippen LogP contribution in [0.5, 0.6) is 0 Å². The van der Waals surface area contributed by atoms with E-state index in [9.17, 15) is 9.59 Å². The van der Waals surface area contributed by atoms with E-state index in [1.54, 1.807) is 0 Å². The van der Waals surface area contributed by atoms with Crippen LogP contribution >= 0.6 is 0 Å². The Kier molecular flexibility index (Phi) is 10.1. The average Bonchev–Trinajstić information content (AvgIpc) is 2.48. The first-order valence-electron chi connectivity index (χ1n) is 8.52. The second kappa shape index (κ2) is 10.6. The van der Waals surface area contributed by atoms with Crippen LogP contribution in [0.1, 0.15) is 66.7 Å². The predicted molar refractivity (Wildman–Crippen MR) is 89.5 cm³/mol. The van der Waals surface area contributed by atoms with Crippen LogP contribution in [0.3, 0.4) is 0 Å². The van der Waals surface area contributed by atoms with Crippen molar-refractivity contribution in [3.05, 3.63) is 0 Å². The van der Waals surface area contributed by atoms with Gasteiger partial charge in [-0.3, -0.25) is 9.59 Å². The number of carbonyl (C=O) groups is 2. The normalized spacial score (nSPS) is 18.1. The minimum Gasteiger partial charge on any atom is -0.481 e. The van der Waals surface area contributed by atoms with Crippen LogP contribution in [0.4, 0.5) is 0 Å². The van der Waals surface area contributed by atoms with Crippen molar-refractivity contribution in [2.75, 3.05) is 0 Å². The van der Waals surface area contributed by atoms with E-state index < -0.39 is 12.0 Å². The van der Waals surface area contributed by atoms with Gasteiger partial charge in [0, 0.05) is 6.04 Å². The lowest BCUT2D eigenvalue weighted by molar-refractivity contribution is -0.138. The van der Waals surface area contributed by atoms with Crippen LogP contribution < -0.4 is 11.1 Å². The molecule has 130 valence electrons.